The number of carbonyl (C=O) groups is 1. The van der Waals surface area contributed by atoms with Crippen LogP contribution in [0.25, 0.3) is 0 Å². The molecule has 2 rings (SSSR count). The van der Waals surface area contributed by atoms with Gasteiger partial charge in [-0.15, -0.1) is 11.3 Å². The van der Waals surface area contributed by atoms with Crippen LogP contribution >= 0.6 is 11.3 Å². The Morgan fingerprint density at radius 1 is 1.61 bits per heavy atom. The van der Waals surface area contributed by atoms with E-state index in [1.165, 1.54) is 11.3 Å². The van der Waals surface area contributed by atoms with Gasteiger partial charge >= 0.3 is 0 Å². The van der Waals surface area contributed by atoms with Crippen molar-refractivity contribution in [3.8, 4) is 0 Å². The summed E-state index contributed by atoms with van der Waals surface area (Å²) in [5, 5.41) is 15.4. The molecule has 1 aliphatic rings. The molecule has 0 spiro atoms. The quantitative estimate of drug-likeness (QED) is 0.328. The van der Waals surface area contributed by atoms with Gasteiger partial charge in [-0.25, -0.2) is 4.98 Å². The van der Waals surface area contributed by atoms with Crippen LogP contribution in [0.2, 0.25) is 0 Å². The van der Waals surface area contributed by atoms with E-state index >= 15 is 0 Å². The molecule has 7 heteroatoms. The molecule has 18 heavy (non-hydrogen) atoms. The van der Waals surface area contributed by atoms with Gasteiger partial charge < -0.3 is 16.3 Å². The first-order valence-corrected chi connectivity index (χ1v) is 6.57. The lowest BCUT2D eigenvalue weighted by Crippen LogP contribution is -2.46. The third kappa shape index (κ3) is 2.61. The largest absolute Gasteiger partial charge is 0.409 e. The maximum Gasteiger partial charge on any atom is 0.263 e. The van der Waals surface area contributed by atoms with E-state index in [0.29, 0.717) is 10.6 Å². The van der Waals surface area contributed by atoms with Gasteiger partial charge in [0.2, 0.25) is 0 Å². The van der Waals surface area contributed by atoms with Gasteiger partial charge in [0, 0.05) is 0 Å². The number of rotatable bonds is 4. The van der Waals surface area contributed by atoms with E-state index in [2.05, 4.69) is 15.5 Å². The molecule has 1 saturated carbocycles. The van der Waals surface area contributed by atoms with Gasteiger partial charge in [0.25, 0.3) is 5.91 Å². The lowest BCUT2D eigenvalue weighted by atomic mass is 10.1. The summed E-state index contributed by atoms with van der Waals surface area (Å²) in [5.74, 6) is 0.130. The van der Waals surface area contributed by atoms with E-state index in [-0.39, 0.29) is 23.7 Å². The number of aromatic nitrogens is 1. The zero-order valence-electron chi connectivity index (χ0n) is 10.3. The number of amidine groups is 1. The predicted molar refractivity (Wildman–Crippen MR) is 69.0 cm³/mol. The Labute approximate surface area is 109 Å². The molecule has 0 aromatic carbocycles. The van der Waals surface area contributed by atoms with E-state index in [9.17, 15) is 4.79 Å². The van der Waals surface area contributed by atoms with Crippen molar-refractivity contribution < 1.29 is 10.0 Å². The molecule has 0 saturated heterocycles. The summed E-state index contributed by atoms with van der Waals surface area (Å²) in [7, 11) is 0. The van der Waals surface area contributed by atoms with E-state index in [4.69, 9.17) is 10.9 Å². The average Bonchev–Trinajstić information content (AvgIpc) is 3.10. The summed E-state index contributed by atoms with van der Waals surface area (Å²) in [5.41, 5.74) is 6.31. The number of nitrogens with two attached hydrogens (primary N) is 1. The van der Waals surface area contributed by atoms with Crippen LogP contribution in [0.15, 0.2) is 5.16 Å². The lowest BCUT2D eigenvalue weighted by Gasteiger charge is -2.16. The minimum atomic E-state index is -0.385. The topological polar surface area (TPSA) is 101 Å². The number of oxime groups is 1. The second kappa shape index (κ2) is 4.93. The fraction of sp³-hybridized carbons (Fsp3) is 0.545. The van der Waals surface area contributed by atoms with Crippen LogP contribution in [-0.2, 0) is 0 Å². The molecular formula is C11H16N4O2S. The van der Waals surface area contributed by atoms with Crippen molar-refractivity contribution in [1.82, 2.24) is 10.3 Å². The van der Waals surface area contributed by atoms with Crippen molar-refractivity contribution in [2.45, 2.75) is 32.7 Å². The van der Waals surface area contributed by atoms with Crippen LogP contribution in [0.5, 0.6) is 0 Å². The molecular weight excluding hydrogens is 252 g/mol. The Morgan fingerprint density at radius 3 is 2.72 bits per heavy atom. The highest BCUT2D eigenvalue weighted by Gasteiger charge is 2.35. The highest BCUT2D eigenvalue weighted by atomic mass is 32.1. The third-order valence-electron chi connectivity index (χ3n) is 2.92. The second-order valence-corrected chi connectivity index (χ2v) is 5.66. The van der Waals surface area contributed by atoms with Gasteiger partial charge in [-0.05, 0) is 32.6 Å². The molecule has 1 amide bonds. The SMILES string of the molecule is Cc1nc(C)c(C(=O)NC(C(N)=NO)C2CC2)s1. The zero-order chi connectivity index (χ0) is 13.3. The molecule has 1 unspecified atom stereocenters. The first kappa shape index (κ1) is 12.8. The molecule has 1 atom stereocenters. The van der Waals surface area contributed by atoms with Crippen LogP contribution in [0.3, 0.4) is 0 Å². The van der Waals surface area contributed by atoms with Gasteiger partial charge in [0.15, 0.2) is 5.84 Å². The molecule has 1 heterocycles. The molecule has 6 nitrogen and oxygen atoms in total. The fourth-order valence-electron chi connectivity index (χ4n) is 1.87. The number of nitrogens with one attached hydrogen (secondary N) is 1. The maximum absolute atomic E-state index is 12.1. The highest BCUT2D eigenvalue weighted by molar-refractivity contribution is 7.13. The number of amides is 1. The number of thiazole rings is 1. The van der Waals surface area contributed by atoms with E-state index in [1.807, 2.05) is 6.92 Å². The van der Waals surface area contributed by atoms with E-state index < -0.39 is 0 Å². The number of hydrogen-bond donors (Lipinski definition) is 3. The third-order valence-corrected chi connectivity index (χ3v) is 4.00. The van der Waals surface area contributed by atoms with Gasteiger partial charge in [0.1, 0.15) is 4.88 Å². The van der Waals surface area contributed by atoms with Crippen molar-refractivity contribution >= 4 is 23.1 Å². The first-order valence-electron chi connectivity index (χ1n) is 5.75. The number of hydrogen-bond acceptors (Lipinski definition) is 5. The van der Waals surface area contributed by atoms with Crippen molar-refractivity contribution in [2.75, 3.05) is 0 Å². The number of carbonyl (C=O) groups excluding carboxylic acids is 1. The molecule has 1 fully saturated rings. The Balaban J connectivity index is 2.12. The molecule has 1 aromatic rings. The second-order valence-electron chi connectivity index (χ2n) is 4.46. The van der Waals surface area contributed by atoms with Crippen molar-refractivity contribution in [2.24, 2.45) is 16.8 Å². The molecule has 1 aromatic heterocycles. The van der Waals surface area contributed by atoms with Crippen LogP contribution in [0.1, 0.15) is 33.2 Å². The first-order chi connectivity index (χ1) is 8.52. The Hall–Kier alpha value is -1.63. The molecule has 0 radical (unpaired) electrons. The fourth-order valence-corrected chi connectivity index (χ4v) is 2.70. The Bertz CT molecular complexity index is 493. The zero-order valence-corrected chi connectivity index (χ0v) is 11.1. The Morgan fingerprint density at radius 2 is 2.28 bits per heavy atom. The van der Waals surface area contributed by atoms with Gasteiger partial charge in [-0.3, -0.25) is 4.79 Å². The maximum atomic E-state index is 12.1. The predicted octanol–water partition coefficient (Wildman–Crippen LogP) is 1.01. The highest BCUT2D eigenvalue weighted by Crippen LogP contribution is 2.33. The standard InChI is InChI=1S/C11H16N4O2S/c1-5-9(18-6(2)13-5)11(16)14-8(7-3-4-7)10(12)15-17/h7-8,17H,3-4H2,1-2H3,(H2,12,15)(H,14,16). The summed E-state index contributed by atoms with van der Waals surface area (Å²) in [6, 6.07) is -0.385. The number of aryl methyl sites for hydroxylation is 2. The molecule has 1 aliphatic carbocycles. The van der Waals surface area contributed by atoms with Gasteiger partial charge in [-0.2, -0.15) is 0 Å². The summed E-state index contributed by atoms with van der Waals surface area (Å²) in [6.45, 7) is 3.66. The summed E-state index contributed by atoms with van der Waals surface area (Å²) in [4.78, 5) is 16.9. The lowest BCUT2D eigenvalue weighted by molar-refractivity contribution is 0.0946. The number of nitrogens with zero attached hydrogens (tertiary/aromatic N) is 2. The van der Waals surface area contributed by atoms with Crippen molar-refractivity contribution in [3.63, 3.8) is 0 Å². The minimum absolute atomic E-state index is 0.0599. The average molecular weight is 268 g/mol. The van der Waals surface area contributed by atoms with Crippen molar-refractivity contribution in [1.29, 1.82) is 0 Å². The van der Waals surface area contributed by atoms with E-state index in [1.54, 1.807) is 6.92 Å². The molecule has 0 aliphatic heterocycles. The van der Waals surface area contributed by atoms with Crippen molar-refractivity contribution in [3.05, 3.63) is 15.6 Å². The monoisotopic (exact) mass is 268 g/mol. The summed E-state index contributed by atoms with van der Waals surface area (Å²) < 4.78 is 0. The van der Waals surface area contributed by atoms with Gasteiger partial charge in [-0.1, -0.05) is 5.16 Å². The van der Waals surface area contributed by atoms with Crippen LogP contribution < -0.4 is 11.1 Å². The van der Waals surface area contributed by atoms with Crippen LogP contribution in [0.4, 0.5) is 0 Å². The minimum Gasteiger partial charge on any atom is -0.409 e. The van der Waals surface area contributed by atoms with Gasteiger partial charge in [0.05, 0.1) is 16.7 Å². The van der Waals surface area contributed by atoms with Crippen LogP contribution in [0, 0.1) is 19.8 Å². The normalized spacial score (nSPS) is 17.6. The van der Waals surface area contributed by atoms with E-state index in [0.717, 1.165) is 17.8 Å². The molecule has 4 N–H and O–H groups in total. The summed E-state index contributed by atoms with van der Waals surface area (Å²) >= 11 is 1.35. The smallest absolute Gasteiger partial charge is 0.263 e. The molecule has 0 bridgehead atoms. The van der Waals surface area contributed by atoms with Crippen LogP contribution in [-0.4, -0.2) is 28.0 Å². The molecule has 98 valence electrons. The summed E-state index contributed by atoms with van der Waals surface area (Å²) in [6.07, 6.45) is 1.98. The Kier molecular flexibility index (Phi) is 3.51.